The fraction of sp³-hybridized carbons (Fsp3) is 0.167. The molecule has 0 amide bonds. The van der Waals surface area contributed by atoms with E-state index < -0.39 is 6.36 Å². The molecule has 0 aliphatic carbocycles. The van der Waals surface area contributed by atoms with Crippen molar-refractivity contribution in [3.8, 4) is 11.4 Å². The molecule has 1 aromatic carbocycles. The van der Waals surface area contributed by atoms with Crippen molar-refractivity contribution in [3.63, 3.8) is 0 Å². The lowest BCUT2D eigenvalue weighted by Crippen LogP contribution is -2.17. The van der Waals surface area contributed by atoms with Crippen molar-refractivity contribution in [1.29, 1.82) is 0 Å². The van der Waals surface area contributed by atoms with Crippen LogP contribution in [0, 0.1) is 0 Å². The first-order valence-electron chi connectivity index (χ1n) is 5.20. The highest BCUT2D eigenvalue weighted by Gasteiger charge is 2.31. The summed E-state index contributed by atoms with van der Waals surface area (Å²) in [5.41, 5.74) is 1.47. The number of aromatic nitrogens is 1. The maximum atomic E-state index is 12.1. The molecule has 0 saturated heterocycles. The van der Waals surface area contributed by atoms with Gasteiger partial charge >= 0.3 is 6.36 Å². The molecule has 0 spiro atoms. The molecule has 2 rings (SSSR count). The summed E-state index contributed by atoms with van der Waals surface area (Å²) in [5, 5.41) is 2.94. The number of ether oxygens (including phenoxy) is 1. The van der Waals surface area contributed by atoms with Gasteiger partial charge in [-0.05, 0) is 18.2 Å². The average Bonchev–Trinajstić information content (AvgIpc) is 2.75. The summed E-state index contributed by atoms with van der Waals surface area (Å²) in [4.78, 5) is 0. The Bertz CT molecular complexity index is 534. The van der Waals surface area contributed by atoms with Gasteiger partial charge < -0.3 is 14.6 Å². The predicted molar refractivity (Wildman–Crippen MR) is 62.0 cm³/mol. The second kappa shape index (κ2) is 4.64. The molecule has 0 bridgehead atoms. The molecule has 0 radical (unpaired) electrons. The molecule has 0 unspecified atom stereocenters. The summed E-state index contributed by atoms with van der Waals surface area (Å²) >= 11 is 0. The first kappa shape index (κ1) is 12.3. The normalized spacial score (nSPS) is 11.3. The van der Waals surface area contributed by atoms with Crippen LogP contribution in [0.2, 0.25) is 0 Å². The van der Waals surface area contributed by atoms with Gasteiger partial charge in [0.15, 0.2) is 0 Å². The Labute approximate surface area is 102 Å². The quantitative estimate of drug-likeness (QED) is 0.910. The molecule has 3 nitrogen and oxygen atoms in total. The zero-order valence-electron chi connectivity index (χ0n) is 9.53. The summed E-state index contributed by atoms with van der Waals surface area (Å²) in [6.07, 6.45) is -1.16. The lowest BCUT2D eigenvalue weighted by molar-refractivity contribution is -0.274. The summed E-state index contributed by atoms with van der Waals surface area (Å²) in [5.74, 6) is -0.236. The number of nitrogens with one attached hydrogen (secondary N) is 1. The Morgan fingerprint density at radius 2 is 2.00 bits per heavy atom. The number of hydrogen-bond donors (Lipinski definition) is 1. The van der Waals surface area contributed by atoms with Crippen LogP contribution in [0.15, 0.2) is 42.7 Å². The number of benzene rings is 1. The minimum atomic E-state index is -4.68. The number of nitrogens with zero attached hydrogens (tertiary/aromatic N) is 1. The van der Waals surface area contributed by atoms with Crippen molar-refractivity contribution >= 4 is 5.69 Å². The number of anilines is 1. The molecule has 0 atom stereocenters. The molecule has 2 aromatic rings. The zero-order valence-corrected chi connectivity index (χ0v) is 9.53. The SMILES string of the molecule is CNc1ccn(-c2cccc(OC(F)(F)F)c2)c1. The van der Waals surface area contributed by atoms with Gasteiger partial charge in [0, 0.05) is 31.2 Å². The standard InChI is InChI=1S/C12H11F3N2O/c1-16-9-5-6-17(8-9)10-3-2-4-11(7-10)18-12(13,14)15/h2-8,16H,1H3. The van der Waals surface area contributed by atoms with Gasteiger partial charge in [0.2, 0.25) is 0 Å². The fourth-order valence-electron chi connectivity index (χ4n) is 1.55. The highest BCUT2D eigenvalue weighted by Crippen LogP contribution is 2.25. The largest absolute Gasteiger partial charge is 0.573 e. The maximum Gasteiger partial charge on any atom is 0.573 e. The molecule has 1 N–H and O–H groups in total. The number of halogens is 3. The number of rotatable bonds is 3. The van der Waals surface area contributed by atoms with Gasteiger partial charge in [-0.15, -0.1) is 13.2 Å². The van der Waals surface area contributed by atoms with Crippen LogP contribution >= 0.6 is 0 Å². The van der Waals surface area contributed by atoms with Crippen LogP contribution in [0.4, 0.5) is 18.9 Å². The third-order valence-corrected chi connectivity index (χ3v) is 2.33. The summed E-state index contributed by atoms with van der Waals surface area (Å²) in [6, 6.07) is 7.61. The van der Waals surface area contributed by atoms with Gasteiger partial charge in [-0.3, -0.25) is 0 Å². The second-order valence-electron chi connectivity index (χ2n) is 3.60. The fourth-order valence-corrected chi connectivity index (χ4v) is 1.55. The van der Waals surface area contributed by atoms with E-state index in [9.17, 15) is 13.2 Å². The monoisotopic (exact) mass is 256 g/mol. The smallest absolute Gasteiger partial charge is 0.406 e. The van der Waals surface area contributed by atoms with Gasteiger partial charge in [0.25, 0.3) is 0 Å². The molecule has 0 fully saturated rings. The Hall–Kier alpha value is -2.11. The first-order chi connectivity index (χ1) is 8.48. The molecule has 1 aromatic heterocycles. The van der Waals surface area contributed by atoms with E-state index in [1.54, 1.807) is 30.1 Å². The van der Waals surface area contributed by atoms with Gasteiger partial charge in [-0.1, -0.05) is 6.07 Å². The van der Waals surface area contributed by atoms with Crippen LogP contribution in [-0.4, -0.2) is 18.0 Å². The van der Waals surface area contributed by atoms with E-state index in [1.807, 2.05) is 6.07 Å². The second-order valence-corrected chi connectivity index (χ2v) is 3.60. The van der Waals surface area contributed by atoms with Crippen LogP contribution in [0.1, 0.15) is 0 Å². The highest BCUT2D eigenvalue weighted by molar-refractivity contribution is 5.47. The minimum Gasteiger partial charge on any atom is -0.406 e. The lowest BCUT2D eigenvalue weighted by Gasteiger charge is -2.10. The molecule has 18 heavy (non-hydrogen) atoms. The van der Waals surface area contributed by atoms with Crippen molar-refractivity contribution in [2.75, 3.05) is 12.4 Å². The topological polar surface area (TPSA) is 26.2 Å². The van der Waals surface area contributed by atoms with Gasteiger partial charge in [-0.25, -0.2) is 0 Å². The van der Waals surface area contributed by atoms with E-state index in [0.717, 1.165) is 5.69 Å². The van der Waals surface area contributed by atoms with E-state index in [-0.39, 0.29) is 5.75 Å². The Balaban J connectivity index is 2.26. The predicted octanol–water partition coefficient (Wildman–Crippen LogP) is 3.42. The Morgan fingerprint density at radius 1 is 1.22 bits per heavy atom. The van der Waals surface area contributed by atoms with Crippen LogP contribution in [0.5, 0.6) is 5.75 Å². The molecule has 1 heterocycles. The lowest BCUT2D eigenvalue weighted by atomic mass is 10.3. The van der Waals surface area contributed by atoms with E-state index in [4.69, 9.17) is 0 Å². The third kappa shape index (κ3) is 2.97. The average molecular weight is 256 g/mol. The summed E-state index contributed by atoms with van der Waals surface area (Å²) in [7, 11) is 1.77. The van der Waals surface area contributed by atoms with Gasteiger partial charge in [0.1, 0.15) is 5.75 Å². The van der Waals surface area contributed by atoms with Crippen LogP contribution < -0.4 is 10.1 Å². The summed E-state index contributed by atoms with van der Waals surface area (Å²) in [6.45, 7) is 0. The molecule has 0 aliphatic heterocycles. The Kier molecular flexibility index (Phi) is 3.18. The summed E-state index contributed by atoms with van der Waals surface area (Å²) < 4.78 is 41.9. The van der Waals surface area contributed by atoms with Crippen LogP contribution in [0.3, 0.4) is 0 Å². The van der Waals surface area contributed by atoms with Crippen molar-refractivity contribution in [2.24, 2.45) is 0 Å². The van der Waals surface area contributed by atoms with Crippen molar-refractivity contribution in [1.82, 2.24) is 4.57 Å². The van der Waals surface area contributed by atoms with Gasteiger partial charge in [-0.2, -0.15) is 0 Å². The van der Waals surface area contributed by atoms with Gasteiger partial charge in [0.05, 0.1) is 5.69 Å². The zero-order chi connectivity index (χ0) is 13.2. The maximum absolute atomic E-state index is 12.1. The molecule has 0 aliphatic rings. The van der Waals surface area contributed by atoms with Crippen molar-refractivity contribution < 1.29 is 17.9 Å². The number of hydrogen-bond acceptors (Lipinski definition) is 2. The van der Waals surface area contributed by atoms with E-state index in [0.29, 0.717) is 5.69 Å². The van der Waals surface area contributed by atoms with Crippen LogP contribution in [0.25, 0.3) is 5.69 Å². The molecule has 6 heteroatoms. The van der Waals surface area contributed by atoms with E-state index in [2.05, 4.69) is 10.1 Å². The molecular formula is C12H11F3N2O. The molecule has 96 valence electrons. The third-order valence-electron chi connectivity index (χ3n) is 2.33. The molecular weight excluding hydrogens is 245 g/mol. The first-order valence-corrected chi connectivity index (χ1v) is 5.20. The van der Waals surface area contributed by atoms with Crippen LogP contribution in [-0.2, 0) is 0 Å². The number of alkyl halides is 3. The van der Waals surface area contributed by atoms with Crippen molar-refractivity contribution in [2.45, 2.75) is 6.36 Å². The minimum absolute atomic E-state index is 0.236. The van der Waals surface area contributed by atoms with E-state index in [1.165, 1.54) is 18.2 Å². The van der Waals surface area contributed by atoms with Crippen molar-refractivity contribution in [3.05, 3.63) is 42.7 Å². The highest BCUT2D eigenvalue weighted by atomic mass is 19.4. The Morgan fingerprint density at radius 3 is 2.61 bits per heavy atom. The van der Waals surface area contributed by atoms with E-state index >= 15 is 0 Å². The molecule has 0 saturated carbocycles.